The van der Waals surface area contributed by atoms with Gasteiger partial charge in [0, 0.05) is 11.8 Å². The molecule has 1 rings (SSSR count). The summed E-state index contributed by atoms with van der Waals surface area (Å²) in [7, 11) is 0. The molecule has 1 aromatic carbocycles. The van der Waals surface area contributed by atoms with E-state index < -0.39 is 44.9 Å². The number of nitriles is 2. The second-order valence-corrected chi connectivity index (χ2v) is 5.21. The molecular formula is C13H4Cl2F7N3. The van der Waals surface area contributed by atoms with Gasteiger partial charge in [0.25, 0.3) is 0 Å². The highest BCUT2D eigenvalue weighted by atomic mass is 35.5. The van der Waals surface area contributed by atoms with E-state index in [9.17, 15) is 30.7 Å². The maximum absolute atomic E-state index is 14.0. The predicted octanol–water partition coefficient (Wildman–Crippen LogP) is 5.63. The van der Waals surface area contributed by atoms with E-state index in [4.69, 9.17) is 33.7 Å². The normalized spacial score (nSPS) is 12.1. The van der Waals surface area contributed by atoms with Gasteiger partial charge < -0.3 is 5.32 Å². The molecule has 0 saturated carbocycles. The fraction of sp³-hybridized carbons (Fsp3) is 0.231. The monoisotopic (exact) mass is 405 g/mol. The van der Waals surface area contributed by atoms with Gasteiger partial charge in [-0.25, -0.2) is 4.39 Å². The standard InChI is InChI=1S/C13H4Cl2F7N3/c14-8-1-7(11(16,12(17,18)19)13(20,21)22)2-9(15)10(8)25-5-6(3-23)4-24/h1-2,5,25H. The van der Waals surface area contributed by atoms with E-state index in [2.05, 4.69) is 5.32 Å². The van der Waals surface area contributed by atoms with Crippen LogP contribution < -0.4 is 5.32 Å². The molecule has 0 aliphatic heterocycles. The molecule has 0 unspecified atom stereocenters. The highest BCUT2D eigenvalue weighted by Crippen LogP contribution is 2.54. The van der Waals surface area contributed by atoms with Crippen LogP contribution in [0.1, 0.15) is 5.56 Å². The van der Waals surface area contributed by atoms with E-state index in [0.717, 1.165) is 6.20 Å². The minimum Gasteiger partial charge on any atom is -0.357 e. The van der Waals surface area contributed by atoms with Gasteiger partial charge in [-0.1, -0.05) is 23.2 Å². The van der Waals surface area contributed by atoms with E-state index in [1.807, 2.05) is 0 Å². The summed E-state index contributed by atoms with van der Waals surface area (Å²) in [5.41, 5.74) is -8.45. The van der Waals surface area contributed by atoms with Crippen LogP contribution in [0.15, 0.2) is 23.9 Å². The molecule has 0 amide bonds. The summed E-state index contributed by atoms with van der Waals surface area (Å²) in [6.07, 6.45) is -11.9. The van der Waals surface area contributed by atoms with Crippen molar-refractivity contribution in [3.05, 3.63) is 39.5 Å². The summed E-state index contributed by atoms with van der Waals surface area (Å²) in [5, 5.41) is 17.7. The minimum absolute atomic E-state index is 0.100. The first-order valence-corrected chi connectivity index (χ1v) is 6.64. The van der Waals surface area contributed by atoms with Crippen LogP contribution in [0.3, 0.4) is 0 Å². The average molecular weight is 406 g/mol. The van der Waals surface area contributed by atoms with E-state index in [1.165, 1.54) is 12.1 Å². The van der Waals surface area contributed by atoms with Gasteiger partial charge in [-0.2, -0.15) is 36.9 Å². The molecule has 1 N–H and O–H groups in total. The predicted molar refractivity (Wildman–Crippen MR) is 74.3 cm³/mol. The lowest BCUT2D eigenvalue weighted by Crippen LogP contribution is -2.50. The van der Waals surface area contributed by atoms with Gasteiger partial charge in [0.1, 0.15) is 17.7 Å². The van der Waals surface area contributed by atoms with Gasteiger partial charge in [-0.3, -0.25) is 0 Å². The highest BCUT2D eigenvalue weighted by Gasteiger charge is 2.73. The molecule has 0 aliphatic carbocycles. The van der Waals surface area contributed by atoms with Crippen LogP contribution in [0.5, 0.6) is 0 Å². The van der Waals surface area contributed by atoms with E-state index in [-0.39, 0.29) is 12.1 Å². The second kappa shape index (κ2) is 6.98. The van der Waals surface area contributed by atoms with Crippen molar-refractivity contribution in [2.24, 2.45) is 0 Å². The highest BCUT2D eigenvalue weighted by molar-refractivity contribution is 6.39. The Morgan fingerprint density at radius 2 is 1.32 bits per heavy atom. The summed E-state index contributed by atoms with van der Waals surface area (Å²) in [4.78, 5) is 0. The molecular weight excluding hydrogens is 402 g/mol. The Kier molecular flexibility index (Phi) is 5.83. The van der Waals surface area contributed by atoms with Crippen molar-refractivity contribution in [1.82, 2.24) is 0 Å². The topological polar surface area (TPSA) is 59.6 Å². The first-order valence-electron chi connectivity index (χ1n) is 5.88. The third-order valence-corrected chi connectivity index (χ3v) is 3.42. The van der Waals surface area contributed by atoms with E-state index in [1.54, 1.807) is 0 Å². The second-order valence-electron chi connectivity index (χ2n) is 4.39. The smallest absolute Gasteiger partial charge is 0.357 e. The molecule has 0 saturated heterocycles. The zero-order valence-electron chi connectivity index (χ0n) is 11.5. The van der Waals surface area contributed by atoms with Gasteiger partial charge >= 0.3 is 18.0 Å². The molecule has 0 atom stereocenters. The van der Waals surface area contributed by atoms with Crippen LogP contribution >= 0.6 is 23.2 Å². The van der Waals surface area contributed by atoms with Gasteiger partial charge in [0.05, 0.1) is 15.7 Å². The molecule has 3 nitrogen and oxygen atoms in total. The SMILES string of the molecule is N#CC(C#N)=CNc1c(Cl)cc(C(F)(C(F)(F)F)C(F)(F)F)cc1Cl. The Morgan fingerprint density at radius 1 is 0.920 bits per heavy atom. The summed E-state index contributed by atoms with van der Waals surface area (Å²) >= 11 is 11.1. The largest absolute Gasteiger partial charge is 0.435 e. The molecule has 0 radical (unpaired) electrons. The number of anilines is 1. The Hall–Kier alpha value is -2.17. The third-order valence-electron chi connectivity index (χ3n) is 2.82. The zero-order chi connectivity index (χ0) is 19.6. The number of hydrogen-bond donors (Lipinski definition) is 1. The lowest BCUT2D eigenvalue weighted by atomic mass is 9.94. The van der Waals surface area contributed by atoms with Crippen molar-refractivity contribution >= 4 is 28.9 Å². The summed E-state index contributed by atoms with van der Waals surface area (Å²) in [6, 6.07) is 3.06. The molecule has 0 fully saturated rings. The number of nitrogens with one attached hydrogen (secondary N) is 1. The molecule has 12 heteroatoms. The fourth-order valence-corrected chi connectivity index (χ4v) is 2.23. The van der Waals surface area contributed by atoms with Crippen molar-refractivity contribution in [1.29, 1.82) is 10.5 Å². The van der Waals surface area contributed by atoms with Crippen molar-refractivity contribution in [3.8, 4) is 12.1 Å². The Labute approximate surface area is 145 Å². The maximum Gasteiger partial charge on any atom is 0.435 e. The number of alkyl halides is 7. The van der Waals surface area contributed by atoms with Crippen molar-refractivity contribution in [2.75, 3.05) is 5.32 Å². The van der Waals surface area contributed by atoms with Crippen LogP contribution in [0.2, 0.25) is 10.0 Å². The van der Waals surface area contributed by atoms with Gasteiger partial charge in [0.15, 0.2) is 0 Å². The van der Waals surface area contributed by atoms with Crippen LogP contribution in [0.25, 0.3) is 0 Å². The molecule has 25 heavy (non-hydrogen) atoms. The number of halogens is 9. The van der Waals surface area contributed by atoms with E-state index >= 15 is 0 Å². The lowest BCUT2D eigenvalue weighted by molar-refractivity contribution is -0.348. The molecule has 0 spiro atoms. The number of hydrogen-bond acceptors (Lipinski definition) is 3. The summed E-state index contributed by atoms with van der Waals surface area (Å²) in [6.45, 7) is 0. The maximum atomic E-state index is 14.0. The average Bonchev–Trinajstić information content (AvgIpc) is 2.46. The third kappa shape index (κ3) is 3.91. The quantitative estimate of drug-likeness (QED) is 0.523. The number of benzene rings is 1. The number of allylic oxidation sites excluding steroid dienone is 1. The van der Waals surface area contributed by atoms with E-state index in [0.29, 0.717) is 0 Å². The lowest BCUT2D eigenvalue weighted by Gasteiger charge is -2.30. The Morgan fingerprint density at radius 3 is 1.64 bits per heavy atom. The first kappa shape index (κ1) is 20.9. The Balaban J connectivity index is 3.51. The van der Waals surface area contributed by atoms with Crippen molar-refractivity contribution in [2.45, 2.75) is 18.0 Å². The molecule has 1 aromatic rings. The minimum atomic E-state index is -6.32. The number of rotatable bonds is 3. The van der Waals surface area contributed by atoms with Crippen LogP contribution in [0, 0.1) is 22.7 Å². The molecule has 0 heterocycles. The number of nitrogens with zero attached hydrogens (tertiary/aromatic N) is 2. The van der Waals surface area contributed by atoms with Crippen LogP contribution in [0.4, 0.5) is 36.4 Å². The van der Waals surface area contributed by atoms with Gasteiger partial charge in [-0.15, -0.1) is 0 Å². The first-order chi connectivity index (χ1) is 11.3. The molecule has 0 aliphatic rings. The van der Waals surface area contributed by atoms with Gasteiger partial charge in [0.2, 0.25) is 0 Å². The summed E-state index contributed by atoms with van der Waals surface area (Å²) in [5.74, 6) is 0. The molecule has 0 bridgehead atoms. The van der Waals surface area contributed by atoms with Crippen LogP contribution in [-0.4, -0.2) is 12.4 Å². The van der Waals surface area contributed by atoms with Crippen LogP contribution in [-0.2, 0) is 5.67 Å². The van der Waals surface area contributed by atoms with Crippen molar-refractivity contribution in [3.63, 3.8) is 0 Å². The van der Waals surface area contributed by atoms with Gasteiger partial charge in [-0.05, 0) is 12.1 Å². The van der Waals surface area contributed by atoms with Crippen molar-refractivity contribution < 1.29 is 30.7 Å². The molecule has 134 valence electrons. The zero-order valence-corrected chi connectivity index (χ0v) is 13.0. The fourth-order valence-electron chi connectivity index (χ4n) is 1.63. The Bertz CT molecular complexity index is 732. The summed E-state index contributed by atoms with van der Waals surface area (Å²) < 4.78 is 90.3. The molecule has 0 aromatic heterocycles.